The van der Waals surface area contributed by atoms with Gasteiger partial charge in [0.25, 0.3) is 0 Å². The predicted octanol–water partition coefficient (Wildman–Crippen LogP) is 2.43. The molecule has 1 aliphatic rings. The van der Waals surface area contributed by atoms with Crippen LogP contribution < -0.4 is 0 Å². The number of carboxylic acids is 1. The molecule has 2 atom stereocenters. The lowest BCUT2D eigenvalue weighted by Gasteiger charge is -2.24. The van der Waals surface area contributed by atoms with Gasteiger partial charge in [-0.3, -0.25) is 9.69 Å². The van der Waals surface area contributed by atoms with Gasteiger partial charge in [0.15, 0.2) is 11.6 Å². The van der Waals surface area contributed by atoms with E-state index in [0.717, 1.165) is 6.07 Å². The van der Waals surface area contributed by atoms with Crippen LogP contribution >= 0.6 is 0 Å². The lowest BCUT2D eigenvalue weighted by molar-refractivity contribution is -0.141. The van der Waals surface area contributed by atoms with Crippen LogP contribution in [-0.2, 0) is 4.79 Å². The van der Waals surface area contributed by atoms with Crippen molar-refractivity contribution in [3.63, 3.8) is 0 Å². The molecule has 1 aromatic carbocycles. The fourth-order valence-electron chi connectivity index (χ4n) is 2.32. The quantitative estimate of drug-likeness (QED) is 0.901. The first-order chi connectivity index (χ1) is 8.49. The zero-order valence-corrected chi connectivity index (χ0v) is 10.1. The Morgan fingerprint density at radius 2 is 2.17 bits per heavy atom. The number of nitrogens with zero attached hydrogens (tertiary/aromatic N) is 1. The van der Waals surface area contributed by atoms with E-state index in [9.17, 15) is 13.6 Å². The van der Waals surface area contributed by atoms with Gasteiger partial charge in [0.1, 0.15) is 0 Å². The highest BCUT2D eigenvalue weighted by Gasteiger charge is 2.31. The summed E-state index contributed by atoms with van der Waals surface area (Å²) in [7, 11) is 0. The summed E-state index contributed by atoms with van der Waals surface area (Å²) in [5.74, 6) is -2.89. The van der Waals surface area contributed by atoms with Crippen LogP contribution in [-0.4, -0.2) is 29.1 Å². The second-order valence-electron chi connectivity index (χ2n) is 4.67. The molecule has 0 aromatic heterocycles. The summed E-state index contributed by atoms with van der Waals surface area (Å²) in [5.41, 5.74) is 0.667. The molecule has 0 spiro atoms. The SMILES string of the molecule is C[C@@H](c1ccc(F)c(F)c1)N1CC[C@@H](C(=O)O)C1. The lowest BCUT2D eigenvalue weighted by Crippen LogP contribution is -2.26. The van der Waals surface area contributed by atoms with Gasteiger partial charge >= 0.3 is 5.97 Å². The normalized spacial score (nSPS) is 22.1. The van der Waals surface area contributed by atoms with Gasteiger partial charge < -0.3 is 5.11 Å². The molecule has 1 saturated heterocycles. The monoisotopic (exact) mass is 255 g/mol. The van der Waals surface area contributed by atoms with Crippen LogP contribution in [0.25, 0.3) is 0 Å². The summed E-state index contributed by atoms with van der Waals surface area (Å²) in [5, 5.41) is 8.93. The van der Waals surface area contributed by atoms with E-state index in [4.69, 9.17) is 5.11 Å². The maximum Gasteiger partial charge on any atom is 0.307 e. The summed E-state index contributed by atoms with van der Waals surface area (Å²) in [4.78, 5) is 12.8. The third kappa shape index (κ3) is 2.51. The molecule has 0 bridgehead atoms. The average molecular weight is 255 g/mol. The molecular weight excluding hydrogens is 240 g/mol. The molecule has 18 heavy (non-hydrogen) atoms. The van der Waals surface area contributed by atoms with E-state index in [-0.39, 0.29) is 12.0 Å². The maximum atomic E-state index is 13.1. The van der Waals surface area contributed by atoms with Crippen molar-refractivity contribution in [1.29, 1.82) is 0 Å². The van der Waals surface area contributed by atoms with Gasteiger partial charge in [0.05, 0.1) is 5.92 Å². The Labute approximate surface area is 104 Å². The highest BCUT2D eigenvalue weighted by molar-refractivity contribution is 5.70. The van der Waals surface area contributed by atoms with Crippen molar-refractivity contribution < 1.29 is 18.7 Å². The first-order valence-electron chi connectivity index (χ1n) is 5.91. The zero-order valence-electron chi connectivity index (χ0n) is 10.1. The fourth-order valence-corrected chi connectivity index (χ4v) is 2.32. The second-order valence-corrected chi connectivity index (χ2v) is 4.67. The first-order valence-corrected chi connectivity index (χ1v) is 5.91. The highest BCUT2D eigenvalue weighted by atomic mass is 19.2. The Balaban J connectivity index is 2.10. The Morgan fingerprint density at radius 3 is 2.72 bits per heavy atom. The van der Waals surface area contributed by atoms with Gasteiger partial charge in [-0.25, -0.2) is 8.78 Å². The van der Waals surface area contributed by atoms with E-state index >= 15 is 0 Å². The first kappa shape index (κ1) is 13.0. The van der Waals surface area contributed by atoms with Gasteiger partial charge in [-0.2, -0.15) is 0 Å². The van der Waals surface area contributed by atoms with Crippen molar-refractivity contribution in [1.82, 2.24) is 4.90 Å². The Bertz CT molecular complexity index is 464. The van der Waals surface area contributed by atoms with Gasteiger partial charge in [-0.1, -0.05) is 6.07 Å². The number of benzene rings is 1. The molecule has 1 N–H and O–H groups in total. The second kappa shape index (κ2) is 5.02. The van der Waals surface area contributed by atoms with Gasteiger partial charge in [0.2, 0.25) is 0 Å². The third-order valence-electron chi connectivity index (χ3n) is 3.54. The number of rotatable bonds is 3. The topological polar surface area (TPSA) is 40.5 Å². The van der Waals surface area contributed by atoms with E-state index in [1.54, 1.807) is 0 Å². The number of carboxylic acid groups (broad SMARTS) is 1. The molecule has 0 amide bonds. The number of aliphatic carboxylic acids is 1. The Morgan fingerprint density at radius 1 is 1.44 bits per heavy atom. The molecule has 0 saturated carbocycles. The number of likely N-dealkylation sites (tertiary alicyclic amines) is 1. The van der Waals surface area contributed by atoms with Crippen molar-refractivity contribution in [2.45, 2.75) is 19.4 Å². The number of halogens is 2. The van der Waals surface area contributed by atoms with Crippen molar-refractivity contribution in [3.8, 4) is 0 Å². The van der Waals surface area contributed by atoms with Gasteiger partial charge in [0, 0.05) is 12.6 Å². The number of hydrogen-bond donors (Lipinski definition) is 1. The van der Waals surface area contributed by atoms with Crippen LogP contribution in [0.1, 0.15) is 24.9 Å². The van der Waals surface area contributed by atoms with Gasteiger partial charge in [-0.15, -0.1) is 0 Å². The average Bonchev–Trinajstić information content (AvgIpc) is 2.81. The van der Waals surface area contributed by atoms with E-state index in [0.29, 0.717) is 25.1 Å². The molecule has 0 aliphatic carbocycles. The highest BCUT2D eigenvalue weighted by Crippen LogP contribution is 2.28. The summed E-state index contributed by atoms with van der Waals surface area (Å²) in [6, 6.07) is 3.71. The summed E-state index contributed by atoms with van der Waals surface area (Å²) in [6.45, 7) is 2.99. The molecule has 1 aliphatic heterocycles. The van der Waals surface area contributed by atoms with E-state index in [2.05, 4.69) is 0 Å². The van der Waals surface area contributed by atoms with E-state index in [1.165, 1.54) is 12.1 Å². The Kier molecular flexibility index (Phi) is 3.61. The molecule has 1 heterocycles. The summed E-state index contributed by atoms with van der Waals surface area (Å²) in [6.07, 6.45) is 0.601. The van der Waals surface area contributed by atoms with Crippen LogP contribution in [0.2, 0.25) is 0 Å². The molecular formula is C13H15F2NO2. The van der Waals surface area contributed by atoms with Crippen LogP contribution in [0, 0.1) is 17.6 Å². The minimum Gasteiger partial charge on any atom is -0.481 e. The zero-order chi connectivity index (χ0) is 13.3. The molecule has 0 unspecified atom stereocenters. The van der Waals surface area contributed by atoms with Crippen LogP contribution in [0.4, 0.5) is 8.78 Å². The summed E-state index contributed by atoms with van der Waals surface area (Å²) < 4.78 is 26.0. The molecule has 0 radical (unpaired) electrons. The molecule has 3 nitrogen and oxygen atoms in total. The predicted molar refractivity (Wildman–Crippen MR) is 62.1 cm³/mol. The number of carbonyl (C=O) groups is 1. The van der Waals surface area contributed by atoms with Crippen molar-refractivity contribution in [3.05, 3.63) is 35.4 Å². The van der Waals surface area contributed by atoms with Crippen LogP contribution in [0.3, 0.4) is 0 Å². The Hall–Kier alpha value is -1.49. The summed E-state index contributed by atoms with van der Waals surface area (Å²) >= 11 is 0. The molecule has 1 aromatic rings. The maximum absolute atomic E-state index is 13.1. The van der Waals surface area contributed by atoms with Gasteiger partial charge in [-0.05, 0) is 37.6 Å². The minimum absolute atomic E-state index is 0.107. The third-order valence-corrected chi connectivity index (χ3v) is 3.54. The number of hydrogen-bond acceptors (Lipinski definition) is 2. The molecule has 98 valence electrons. The van der Waals surface area contributed by atoms with Crippen molar-refractivity contribution in [2.24, 2.45) is 5.92 Å². The molecule has 2 rings (SSSR count). The smallest absolute Gasteiger partial charge is 0.307 e. The van der Waals surface area contributed by atoms with Crippen molar-refractivity contribution in [2.75, 3.05) is 13.1 Å². The van der Waals surface area contributed by atoms with Crippen molar-refractivity contribution >= 4 is 5.97 Å². The van der Waals surface area contributed by atoms with Crippen LogP contribution in [0.15, 0.2) is 18.2 Å². The largest absolute Gasteiger partial charge is 0.481 e. The van der Waals surface area contributed by atoms with E-state index < -0.39 is 17.6 Å². The fraction of sp³-hybridized carbons (Fsp3) is 0.462. The minimum atomic E-state index is -0.867. The molecule has 5 heteroatoms. The van der Waals surface area contributed by atoms with E-state index in [1.807, 2.05) is 11.8 Å². The van der Waals surface area contributed by atoms with Crippen LogP contribution in [0.5, 0.6) is 0 Å². The molecule has 1 fully saturated rings. The standard InChI is InChI=1S/C13H15F2NO2/c1-8(9-2-3-11(14)12(15)6-9)16-5-4-10(7-16)13(17)18/h2-3,6,8,10H,4-5,7H2,1H3,(H,17,18)/t8-,10+/m0/s1. The lowest BCUT2D eigenvalue weighted by atomic mass is 10.1.